The Morgan fingerprint density at radius 2 is 1.85 bits per heavy atom. The maximum atomic E-state index is 12.7. The van der Waals surface area contributed by atoms with Gasteiger partial charge in [-0.1, -0.05) is 30.1 Å². The molecule has 3 amide bonds. The summed E-state index contributed by atoms with van der Waals surface area (Å²) in [5.41, 5.74) is 2.48. The molecule has 1 N–H and O–H groups in total. The summed E-state index contributed by atoms with van der Waals surface area (Å²) in [5.74, 6) is -0.881. The molecule has 144 valence electrons. The monoisotopic (exact) mass is 410 g/mol. The van der Waals surface area contributed by atoms with Gasteiger partial charge in [-0.05, 0) is 49.7 Å². The molecule has 0 radical (unpaired) electrons. The molecule has 0 spiro atoms. The van der Waals surface area contributed by atoms with Crippen molar-refractivity contribution in [1.29, 1.82) is 0 Å². The minimum absolute atomic E-state index is 0.266. The summed E-state index contributed by atoms with van der Waals surface area (Å²) in [7, 11) is 0. The number of carbonyl (C=O) groups is 3. The first kappa shape index (κ1) is 18.6. The van der Waals surface area contributed by atoms with Crippen molar-refractivity contribution in [3.8, 4) is 5.75 Å². The van der Waals surface area contributed by atoms with Crippen LogP contribution in [0, 0.1) is 23.7 Å². The van der Waals surface area contributed by atoms with Crippen LogP contribution in [0.4, 0.5) is 0 Å². The lowest BCUT2D eigenvalue weighted by atomic mass is 9.81. The normalized spacial score (nSPS) is 29.8. The number of benzene rings is 1. The number of halogens is 2. The summed E-state index contributed by atoms with van der Waals surface area (Å²) in [5, 5.41) is 1.66. The van der Waals surface area contributed by atoms with Crippen molar-refractivity contribution >= 4 is 40.9 Å². The topological polar surface area (TPSA) is 75.7 Å². The van der Waals surface area contributed by atoms with Crippen LogP contribution >= 0.6 is 23.2 Å². The molecule has 2 bridgehead atoms. The highest BCUT2D eigenvalue weighted by Crippen LogP contribution is 2.55. The van der Waals surface area contributed by atoms with Gasteiger partial charge in [-0.2, -0.15) is 5.01 Å². The molecule has 6 nitrogen and oxygen atoms in total. The zero-order chi connectivity index (χ0) is 19.3. The quantitative estimate of drug-likeness (QED) is 0.756. The third kappa shape index (κ3) is 3.09. The summed E-state index contributed by atoms with van der Waals surface area (Å²) < 4.78 is 5.69. The number of amides is 3. The largest absolute Gasteiger partial charge is 0.479 e. The summed E-state index contributed by atoms with van der Waals surface area (Å²) in [6.07, 6.45) is 2.35. The molecule has 1 heterocycles. The molecule has 2 saturated carbocycles. The lowest BCUT2D eigenvalue weighted by molar-refractivity contribution is -0.152. The Labute approximate surface area is 167 Å². The summed E-state index contributed by atoms with van der Waals surface area (Å²) in [6, 6.07) is 4.72. The van der Waals surface area contributed by atoms with Crippen LogP contribution in [0.1, 0.15) is 32.6 Å². The maximum Gasteiger partial charge on any atom is 0.279 e. The average molecular weight is 411 g/mol. The van der Waals surface area contributed by atoms with E-state index in [9.17, 15) is 14.4 Å². The first-order valence-electron chi connectivity index (χ1n) is 9.20. The zero-order valence-corrected chi connectivity index (χ0v) is 16.3. The number of fused-ring (bicyclic) bond motifs is 5. The SMILES string of the molecule is CC[C@@H](Oc1cc(Cl)ccc1Cl)C(=O)NN1C(=O)[C@H]2[C@@H]3CC[C@@H](C3)[C@@H]2C1=O. The number of nitrogens with zero attached hydrogens (tertiary/aromatic N) is 1. The van der Waals surface area contributed by atoms with Crippen LogP contribution in [0.3, 0.4) is 0 Å². The minimum atomic E-state index is -0.904. The van der Waals surface area contributed by atoms with Gasteiger partial charge in [-0.25, -0.2) is 0 Å². The number of nitrogens with one attached hydrogen (secondary N) is 1. The highest BCUT2D eigenvalue weighted by atomic mass is 35.5. The van der Waals surface area contributed by atoms with Crippen molar-refractivity contribution in [3.63, 3.8) is 0 Å². The van der Waals surface area contributed by atoms with E-state index < -0.39 is 12.0 Å². The summed E-state index contributed by atoms with van der Waals surface area (Å²) >= 11 is 12.0. The molecule has 4 rings (SSSR count). The summed E-state index contributed by atoms with van der Waals surface area (Å²) in [4.78, 5) is 38.1. The van der Waals surface area contributed by atoms with E-state index in [1.165, 1.54) is 6.07 Å². The number of hydrazine groups is 1. The lowest BCUT2D eigenvalue weighted by Gasteiger charge is -2.22. The average Bonchev–Trinajstić information content (AvgIpc) is 3.32. The summed E-state index contributed by atoms with van der Waals surface area (Å²) in [6.45, 7) is 1.77. The number of hydrogen-bond acceptors (Lipinski definition) is 4. The molecular formula is C19H20Cl2N2O4. The molecule has 0 unspecified atom stereocenters. The van der Waals surface area contributed by atoms with Crippen LogP contribution in [0.25, 0.3) is 0 Å². The van der Waals surface area contributed by atoms with E-state index in [0.717, 1.165) is 24.3 Å². The van der Waals surface area contributed by atoms with Gasteiger partial charge in [0.25, 0.3) is 17.7 Å². The second-order valence-electron chi connectivity index (χ2n) is 7.46. The molecular weight excluding hydrogens is 391 g/mol. The van der Waals surface area contributed by atoms with Crippen LogP contribution < -0.4 is 10.2 Å². The second kappa shape index (κ2) is 6.99. The third-order valence-corrected chi connectivity index (χ3v) is 6.52. The maximum absolute atomic E-state index is 12.7. The smallest absolute Gasteiger partial charge is 0.279 e. The fourth-order valence-electron chi connectivity index (χ4n) is 4.74. The van der Waals surface area contributed by atoms with Crippen LogP contribution in [0.2, 0.25) is 10.0 Å². The molecule has 27 heavy (non-hydrogen) atoms. The van der Waals surface area contributed by atoms with Gasteiger partial charge < -0.3 is 4.74 Å². The lowest BCUT2D eigenvalue weighted by Crippen LogP contribution is -2.51. The van der Waals surface area contributed by atoms with Crippen molar-refractivity contribution in [2.24, 2.45) is 23.7 Å². The van der Waals surface area contributed by atoms with Gasteiger partial charge in [0.15, 0.2) is 6.10 Å². The van der Waals surface area contributed by atoms with Crippen molar-refractivity contribution in [2.75, 3.05) is 0 Å². The Kier molecular flexibility index (Phi) is 4.80. The predicted molar refractivity (Wildman–Crippen MR) is 99.0 cm³/mol. The zero-order valence-electron chi connectivity index (χ0n) is 14.8. The van der Waals surface area contributed by atoms with Gasteiger partial charge in [-0.15, -0.1) is 0 Å². The van der Waals surface area contributed by atoms with Crippen LogP contribution in [-0.4, -0.2) is 28.8 Å². The molecule has 5 atom stereocenters. The highest BCUT2D eigenvalue weighted by Gasteiger charge is 2.61. The van der Waals surface area contributed by atoms with Gasteiger partial charge in [0.2, 0.25) is 0 Å². The minimum Gasteiger partial charge on any atom is -0.479 e. The molecule has 2 aliphatic carbocycles. The number of imide groups is 1. The molecule has 1 aromatic rings. The Bertz CT molecular complexity index is 787. The van der Waals surface area contributed by atoms with Gasteiger partial charge in [0.05, 0.1) is 16.9 Å². The van der Waals surface area contributed by atoms with E-state index in [-0.39, 0.29) is 41.2 Å². The van der Waals surface area contributed by atoms with E-state index in [4.69, 9.17) is 27.9 Å². The first-order chi connectivity index (χ1) is 12.9. The molecule has 3 aliphatic rings. The predicted octanol–water partition coefficient (Wildman–Crippen LogP) is 3.21. The third-order valence-electron chi connectivity index (χ3n) is 5.98. The fourth-order valence-corrected chi connectivity index (χ4v) is 5.07. The Morgan fingerprint density at radius 1 is 1.22 bits per heavy atom. The number of hydrogen-bond donors (Lipinski definition) is 1. The van der Waals surface area contributed by atoms with Gasteiger partial charge >= 0.3 is 0 Å². The number of rotatable bonds is 5. The molecule has 8 heteroatoms. The van der Waals surface area contributed by atoms with Crippen LogP contribution in [-0.2, 0) is 14.4 Å². The van der Waals surface area contributed by atoms with Crippen molar-refractivity contribution in [3.05, 3.63) is 28.2 Å². The van der Waals surface area contributed by atoms with Crippen LogP contribution in [0.15, 0.2) is 18.2 Å². The molecule has 1 aromatic carbocycles. The van der Waals surface area contributed by atoms with Crippen molar-refractivity contribution < 1.29 is 19.1 Å². The molecule has 0 aromatic heterocycles. The standard InChI is InChI=1S/C19H20Cl2N2O4/c1-2-13(27-14-8-11(20)5-6-12(14)21)17(24)22-23-18(25)15-9-3-4-10(7-9)16(15)19(23)26/h5-6,8-10,13,15-16H,2-4,7H2,1H3,(H,22,24)/t9-,10+,13-,15+,16+/m1/s1. The fraction of sp³-hybridized carbons (Fsp3) is 0.526. The highest BCUT2D eigenvalue weighted by molar-refractivity contribution is 6.34. The number of carbonyl (C=O) groups excluding carboxylic acids is 3. The second-order valence-corrected chi connectivity index (χ2v) is 8.31. The van der Waals surface area contributed by atoms with E-state index in [2.05, 4.69) is 5.43 Å². The van der Waals surface area contributed by atoms with Gasteiger partial charge in [0, 0.05) is 11.1 Å². The van der Waals surface area contributed by atoms with Crippen LogP contribution in [0.5, 0.6) is 5.75 Å². The van der Waals surface area contributed by atoms with E-state index in [1.54, 1.807) is 19.1 Å². The Hall–Kier alpha value is -1.79. The Morgan fingerprint density at radius 3 is 2.44 bits per heavy atom. The van der Waals surface area contributed by atoms with Gasteiger partial charge in [-0.3, -0.25) is 19.8 Å². The van der Waals surface area contributed by atoms with E-state index in [0.29, 0.717) is 16.5 Å². The van der Waals surface area contributed by atoms with E-state index >= 15 is 0 Å². The van der Waals surface area contributed by atoms with Crippen molar-refractivity contribution in [2.45, 2.75) is 38.7 Å². The molecule has 1 aliphatic heterocycles. The van der Waals surface area contributed by atoms with E-state index in [1.807, 2.05) is 0 Å². The molecule has 1 saturated heterocycles. The van der Waals surface area contributed by atoms with Crippen molar-refractivity contribution in [1.82, 2.24) is 10.4 Å². The Balaban J connectivity index is 1.47. The molecule has 3 fully saturated rings. The first-order valence-corrected chi connectivity index (χ1v) is 9.96. The number of ether oxygens (including phenoxy) is 1. The van der Waals surface area contributed by atoms with Gasteiger partial charge in [0.1, 0.15) is 5.75 Å².